The van der Waals surface area contributed by atoms with Gasteiger partial charge >= 0.3 is 0 Å². The molecule has 0 aliphatic carbocycles. The molecule has 0 radical (unpaired) electrons. The van der Waals surface area contributed by atoms with Crippen molar-refractivity contribution in [3.63, 3.8) is 0 Å². The van der Waals surface area contributed by atoms with Crippen molar-refractivity contribution in [1.29, 1.82) is 0 Å². The van der Waals surface area contributed by atoms with Crippen molar-refractivity contribution in [2.75, 3.05) is 0 Å². The van der Waals surface area contributed by atoms with E-state index in [1.165, 1.54) is 22.9 Å². The lowest BCUT2D eigenvalue weighted by molar-refractivity contribution is -0.659. The number of benzene rings is 2. The molecule has 0 bridgehead atoms. The summed E-state index contributed by atoms with van der Waals surface area (Å²) in [5.41, 5.74) is 5.89. The number of hydrogen-bond donors (Lipinski definition) is 0. The number of nitrogens with zero attached hydrogens (tertiary/aromatic N) is 2. The molecule has 0 atom stereocenters. The molecule has 0 amide bonds. The summed E-state index contributed by atoms with van der Waals surface area (Å²) in [6.45, 7) is 10.9. The number of imidazole rings is 1. The third-order valence-corrected chi connectivity index (χ3v) is 5.01. The largest absolute Gasteiger partial charge is 0.294 e. The van der Waals surface area contributed by atoms with E-state index in [4.69, 9.17) is 0 Å². The Morgan fingerprint density at radius 3 is 2.12 bits per heavy atom. The van der Waals surface area contributed by atoms with Crippen LogP contribution in [0.3, 0.4) is 0 Å². The normalized spacial score (nSPS) is 11.6. The predicted molar refractivity (Wildman–Crippen MR) is 105 cm³/mol. The van der Waals surface area contributed by atoms with E-state index in [0.29, 0.717) is 11.8 Å². The van der Waals surface area contributed by atoms with Gasteiger partial charge in [-0.3, -0.25) is 0 Å². The minimum atomic E-state index is -0.197. The van der Waals surface area contributed by atoms with E-state index in [-0.39, 0.29) is 5.82 Å². The lowest BCUT2D eigenvalue weighted by Crippen LogP contribution is -2.29. The Labute approximate surface area is 155 Å². The second-order valence-corrected chi connectivity index (χ2v) is 7.66. The van der Waals surface area contributed by atoms with Crippen LogP contribution in [0.25, 0.3) is 17.1 Å². The van der Waals surface area contributed by atoms with Crippen LogP contribution in [0.4, 0.5) is 4.39 Å². The summed E-state index contributed by atoms with van der Waals surface area (Å²) in [4.78, 5) is 0. The van der Waals surface area contributed by atoms with E-state index in [2.05, 4.69) is 67.4 Å². The third kappa shape index (κ3) is 3.18. The molecule has 0 aliphatic rings. The van der Waals surface area contributed by atoms with Crippen LogP contribution < -0.4 is 4.57 Å². The fraction of sp³-hybridized carbons (Fsp3) is 0.348. The van der Waals surface area contributed by atoms with Crippen molar-refractivity contribution in [3.8, 4) is 17.1 Å². The van der Waals surface area contributed by atoms with E-state index in [9.17, 15) is 4.39 Å². The first-order valence-corrected chi connectivity index (χ1v) is 9.28. The van der Waals surface area contributed by atoms with Crippen LogP contribution >= 0.6 is 0 Å². The van der Waals surface area contributed by atoms with Gasteiger partial charge in [-0.25, -0.2) is 8.96 Å². The highest BCUT2D eigenvalue weighted by Crippen LogP contribution is 2.34. The minimum Gasteiger partial charge on any atom is -0.232 e. The van der Waals surface area contributed by atoms with E-state index < -0.39 is 0 Å². The molecule has 3 rings (SSSR count). The number of aromatic nitrogens is 2. The molecule has 0 aliphatic heterocycles. The van der Waals surface area contributed by atoms with Crippen LogP contribution in [0.5, 0.6) is 0 Å². The lowest BCUT2D eigenvalue weighted by Gasteiger charge is -2.18. The Hall–Kier alpha value is -2.42. The monoisotopic (exact) mass is 351 g/mol. The molecule has 0 fully saturated rings. The van der Waals surface area contributed by atoms with E-state index in [0.717, 1.165) is 17.0 Å². The second-order valence-electron chi connectivity index (χ2n) is 7.66. The zero-order chi connectivity index (χ0) is 19.0. The Kier molecular flexibility index (Phi) is 4.99. The highest BCUT2D eigenvalue weighted by molar-refractivity contribution is 5.63. The smallest absolute Gasteiger partial charge is 0.232 e. The molecule has 2 aromatic carbocycles. The molecular weight excluding hydrogens is 323 g/mol. The van der Waals surface area contributed by atoms with Gasteiger partial charge in [0, 0.05) is 11.1 Å². The highest BCUT2D eigenvalue weighted by atomic mass is 19.1. The van der Waals surface area contributed by atoms with Crippen molar-refractivity contribution in [3.05, 3.63) is 71.3 Å². The maximum atomic E-state index is 13.6. The summed E-state index contributed by atoms with van der Waals surface area (Å²) in [7, 11) is 2.04. The van der Waals surface area contributed by atoms with Crippen molar-refractivity contribution < 1.29 is 8.96 Å². The molecule has 0 saturated heterocycles. The maximum absolute atomic E-state index is 13.6. The van der Waals surface area contributed by atoms with E-state index in [1.807, 2.05) is 20.0 Å². The first-order chi connectivity index (χ1) is 12.3. The molecule has 0 saturated carbocycles. The van der Waals surface area contributed by atoms with Crippen LogP contribution in [-0.4, -0.2) is 4.57 Å². The molecule has 2 nitrogen and oxygen atoms in total. The quantitative estimate of drug-likeness (QED) is 0.536. The van der Waals surface area contributed by atoms with Crippen molar-refractivity contribution in [1.82, 2.24) is 4.57 Å². The number of hydrogen-bond acceptors (Lipinski definition) is 0. The maximum Gasteiger partial charge on any atom is 0.294 e. The van der Waals surface area contributed by atoms with Crippen LogP contribution in [-0.2, 0) is 7.05 Å². The zero-order valence-electron chi connectivity index (χ0n) is 16.5. The van der Waals surface area contributed by atoms with Crippen LogP contribution in [0.2, 0.25) is 0 Å². The summed E-state index contributed by atoms with van der Waals surface area (Å²) in [5, 5.41) is 0. The third-order valence-electron chi connectivity index (χ3n) is 5.01. The molecule has 0 unspecified atom stereocenters. The Balaban J connectivity index is 2.34. The van der Waals surface area contributed by atoms with Gasteiger partial charge in [-0.05, 0) is 42.5 Å². The molecule has 3 aromatic rings. The summed E-state index contributed by atoms with van der Waals surface area (Å²) >= 11 is 0. The van der Waals surface area contributed by atoms with Crippen molar-refractivity contribution >= 4 is 0 Å². The van der Waals surface area contributed by atoms with Gasteiger partial charge in [-0.1, -0.05) is 45.9 Å². The Morgan fingerprint density at radius 1 is 0.962 bits per heavy atom. The lowest BCUT2D eigenvalue weighted by atomic mass is 9.92. The zero-order valence-corrected chi connectivity index (χ0v) is 16.5. The van der Waals surface area contributed by atoms with Crippen molar-refractivity contribution in [2.24, 2.45) is 7.05 Å². The molecule has 3 heteroatoms. The molecule has 0 N–H and O–H groups in total. The Morgan fingerprint density at radius 2 is 1.58 bits per heavy atom. The molecule has 26 heavy (non-hydrogen) atoms. The van der Waals surface area contributed by atoms with Gasteiger partial charge in [-0.2, -0.15) is 4.57 Å². The first kappa shape index (κ1) is 18.4. The highest BCUT2D eigenvalue weighted by Gasteiger charge is 2.26. The molecule has 1 aromatic heterocycles. The average Bonchev–Trinajstić information content (AvgIpc) is 2.95. The van der Waals surface area contributed by atoms with Gasteiger partial charge in [0.2, 0.25) is 0 Å². The molecule has 136 valence electrons. The second kappa shape index (κ2) is 7.06. The molecular formula is C23H28FN2+. The first-order valence-electron chi connectivity index (χ1n) is 9.28. The van der Waals surface area contributed by atoms with E-state index in [1.54, 1.807) is 6.07 Å². The number of aryl methyl sites for hydroxylation is 2. The topological polar surface area (TPSA) is 8.81 Å². The van der Waals surface area contributed by atoms with Gasteiger partial charge in [0.25, 0.3) is 5.82 Å². The summed E-state index contributed by atoms with van der Waals surface area (Å²) in [6, 6.07) is 11.6. The van der Waals surface area contributed by atoms with Gasteiger partial charge in [-0.15, -0.1) is 0 Å². The van der Waals surface area contributed by atoms with Gasteiger partial charge in [0.05, 0.1) is 12.6 Å². The SMILES string of the molecule is Cc1cc(F)ccc1-c1n(-c2c(C(C)C)cccc2C(C)C)cc[n+]1C. The molecule has 0 spiro atoms. The summed E-state index contributed by atoms with van der Waals surface area (Å²) in [5.74, 6) is 1.70. The van der Waals surface area contributed by atoms with Gasteiger partial charge < -0.3 is 0 Å². The van der Waals surface area contributed by atoms with E-state index >= 15 is 0 Å². The molecule has 1 heterocycles. The number of rotatable bonds is 4. The Bertz CT molecular complexity index is 909. The average molecular weight is 351 g/mol. The van der Waals surface area contributed by atoms with Gasteiger partial charge in [0.15, 0.2) is 0 Å². The van der Waals surface area contributed by atoms with Crippen LogP contribution in [0, 0.1) is 12.7 Å². The summed E-state index contributed by atoms with van der Waals surface area (Å²) in [6.07, 6.45) is 4.19. The minimum absolute atomic E-state index is 0.197. The fourth-order valence-corrected chi connectivity index (χ4v) is 3.65. The standard InChI is InChI=1S/C23H28FN2/c1-15(2)19-8-7-9-20(16(3)4)22(19)26-13-12-25(6)23(26)21-11-10-18(24)14-17(21)5/h7-16H,1-6H3/q+1. The van der Waals surface area contributed by atoms with Gasteiger partial charge in [0.1, 0.15) is 23.9 Å². The fourth-order valence-electron chi connectivity index (χ4n) is 3.65. The summed E-state index contributed by atoms with van der Waals surface area (Å²) < 4.78 is 18.0. The number of halogens is 1. The predicted octanol–water partition coefficient (Wildman–Crippen LogP) is 5.66. The number of para-hydroxylation sites is 1. The van der Waals surface area contributed by atoms with Crippen LogP contribution in [0.1, 0.15) is 56.2 Å². The van der Waals surface area contributed by atoms with Crippen molar-refractivity contribution in [2.45, 2.75) is 46.5 Å². The van der Waals surface area contributed by atoms with Crippen LogP contribution in [0.15, 0.2) is 48.8 Å².